The quantitative estimate of drug-likeness (QED) is 0.780. The number of anilines is 1. The van der Waals surface area contributed by atoms with Crippen molar-refractivity contribution in [1.82, 2.24) is 0 Å². The molecule has 0 unspecified atom stereocenters. The van der Waals surface area contributed by atoms with Crippen molar-refractivity contribution in [2.75, 3.05) is 10.7 Å². The van der Waals surface area contributed by atoms with Crippen LogP contribution in [0.1, 0.15) is 11.8 Å². The first-order valence-electron chi connectivity index (χ1n) is 6.79. The van der Waals surface area contributed by atoms with Gasteiger partial charge in [-0.2, -0.15) is 0 Å². The van der Waals surface area contributed by atoms with Gasteiger partial charge in [0.1, 0.15) is 11.6 Å². The summed E-state index contributed by atoms with van der Waals surface area (Å²) in [7, 11) is 0. The minimum absolute atomic E-state index is 0.234. The number of benzene rings is 1. The third-order valence-corrected chi connectivity index (χ3v) is 5.09. The number of halogens is 2. The maximum atomic E-state index is 14.0. The number of hydrogen-bond acceptors (Lipinski definition) is 4. The standard InChI is InChI=1S/C16H11F2NO2S2/c1-2-22-14-13(12-4-3-7-23-12)15(20)19(16(14)21)11-6-5-9(17)8-10(11)18/h3-8H,2H2,1H3. The van der Waals surface area contributed by atoms with E-state index in [4.69, 9.17) is 0 Å². The SMILES string of the molecule is CCSC1=C(c2cccs2)C(=O)N(c2ccc(F)cc2F)C1=O. The predicted molar refractivity (Wildman–Crippen MR) is 88.2 cm³/mol. The molecular weight excluding hydrogens is 340 g/mol. The lowest BCUT2D eigenvalue weighted by Gasteiger charge is -2.15. The molecule has 0 radical (unpaired) electrons. The Hall–Kier alpha value is -1.99. The van der Waals surface area contributed by atoms with Crippen LogP contribution in [0.15, 0.2) is 40.6 Å². The number of imide groups is 1. The van der Waals surface area contributed by atoms with Crippen molar-refractivity contribution < 1.29 is 18.4 Å². The molecule has 118 valence electrons. The van der Waals surface area contributed by atoms with Gasteiger partial charge in [-0.05, 0) is 29.3 Å². The number of hydrogen-bond donors (Lipinski definition) is 0. The molecule has 1 aromatic carbocycles. The number of carbonyl (C=O) groups is 2. The first-order chi connectivity index (χ1) is 11.0. The van der Waals surface area contributed by atoms with Crippen LogP contribution in [0.2, 0.25) is 0 Å². The molecule has 3 nitrogen and oxygen atoms in total. The van der Waals surface area contributed by atoms with Crippen molar-refractivity contribution in [3.63, 3.8) is 0 Å². The second kappa shape index (κ2) is 6.25. The molecule has 3 rings (SSSR count). The average Bonchev–Trinajstić information content (AvgIpc) is 3.09. The van der Waals surface area contributed by atoms with Crippen LogP contribution in [-0.4, -0.2) is 17.6 Å². The molecule has 0 aliphatic carbocycles. The Balaban J connectivity index is 2.10. The highest BCUT2D eigenvalue weighted by Crippen LogP contribution is 2.40. The molecular formula is C16H11F2NO2S2. The Labute approximate surface area is 139 Å². The van der Waals surface area contributed by atoms with Crippen molar-refractivity contribution in [2.45, 2.75) is 6.92 Å². The van der Waals surface area contributed by atoms with Crippen molar-refractivity contribution >= 4 is 46.2 Å². The highest BCUT2D eigenvalue weighted by atomic mass is 32.2. The number of carbonyl (C=O) groups excluding carboxylic acids is 2. The summed E-state index contributed by atoms with van der Waals surface area (Å²) in [6, 6.07) is 6.30. The van der Waals surface area contributed by atoms with Crippen molar-refractivity contribution in [3.8, 4) is 0 Å². The van der Waals surface area contributed by atoms with Crippen molar-refractivity contribution in [3.05, 3.63) is 57.1 Å². The molecule has 0 spiro atoms. The van der Waals surface area contributed by atoms with Gasteiger partial charge in [0.2, 0.25) is 0 Å². The van der Waals surface area contributed by atoms with E-state index in [1.807, 2.05) is 6.92 Å². The van der Waals surface area contributed by atoms with E-state index in [1.54, 1.807) is 17.5 Å². The zero-order chi connectivity index (χ0) is 16.6. The minimum Gasteiger partial charge on any atom is -0.268 e. The molecule has 2 amide bonds. The van der Waals surface area contributed by atoms with E-state index in [2.05, 4.69) is 0 Å². The van der Waals surface area contributed by atoms with E-state index in [0.717, 1.165) is 17.0 Å². The molecule has 0 fully saturated rings. The molecule has 1 aliphatic heterocycles. The number of thioether (sulfide) groups is 1. The normalized spacial score (nSPS) is 15.0. The summed E-state index contributed by atoms with van der Waals surface area (Å²) < 4.78 is 27.1. The average molecular weight is 351 g/mol. The Bertz CT molecular complexity index is 815. The lowest BCUT2D eigenvalue weighted by molar-refractivity contribution is -0.119. The smallest absolute Gasteiger partial charge is 0.268 e. The maximum Gasteiger partial charge on any atom is 0.272 e. The third kappa shape index (κ3) is 2.70. The maximum absolute atomic E-state index is 14.0. The first-order valence-corrected chi connectivity index (χ1v) is 8.66. The lowest BCUT2D eigenvalue weighted by Crippen LogP contribution is -2.32. The number of thiophene rings is 1. The van der Waals surface area contributed by atoms with Crippen LogP contribution in [0.4, 0.5) is 14.5 Å². The van der Waals surface area contributed by atoms with Gasteiger partial charge in [-0.15, -0.1) is 23.1 Å². The molecule has 7 heteroatoms. The van der Waals surface area contributed by atoms with Gasteiger partial charge in [-0.3, -0.25) is 9.59 Å². The fourth-order valence-electron chi connectivity index (χ4n) is 2.31. The van der Waals surface area contributed by atoms with E-state index >= 15 is 0 Å². The molecule has 23 heavy (non-hydrogen) atoms. The van der Waals surface area contributed by atoms with Gasteiger partial charge in [0, 0.05) is 10.9 Å². The molecule has 0 bridgehead atoms. The molecule has 0 saturated carbocycles. The van der Waals surface area contributed by atoms with Gasteiger partial charge in [-0.1, -0.05) is 13.0 Å². The predicted octanol–water partition coefficient (Wildman–Crippen LogP) is 4.06. The van der Waals surface area contributed by atoms with E-state index in [-0.39, 0.29) is 11.3 Å². The molecule has 2 aromatic rings. The summed E-state index contributed by atoms with van der Waals surface area (Å²) in [5.41, 5.74) is 0.0442. The van der Waals surface area contributed by atoms with Crippen LogP contribution in [0.3, 0.4) is 0 Å². The molecule has 1 aliphatic rings. The zero-order valence-corrected chi connectivity index (χ0v) is 13.6. The van der Waals surface area contributed by atoms with Crippen LogP contribution < -0.4 is 4.90 Å². The summed E-state index contributed by atoms with van der Waals surface area (Å²) in [6.45, 7) is 1.86. The summed E-state index contributed by atoms with van der Waals surface area (Å²) in [6.07, 6.45) is 0. The Morgan fingerprint density at radius 3 is 2.57 bits per heavy atom. The number of rotatable bonds is 4. The van der Waals surface area contributed by atoms with Gasteiger partial charge in [-0.25, -0.2) is 13.7 Å². The second-order valence-corrected chi connectivity index (χ2v) is 6.88. The molecule has 1 aromatic heterocycles. The van der Waals surface area contributed by atoms with Gasteiger partial charge < -0.3 is 0 Å². The van der Waals surface area contributed by atoms with E-state index in [0.29, 0.717) is 21.6 Å². The fraction of sp³-hybridized carbons (Fsp3) is 0.125. The topological polar surface area (TPSA) is 37.4 Å². The Kier molecular flexibility index (Phi) is 4.32. The number of nitrogens with zero attached hydrogens (tertiary/aromatic N) is 1. The molecule has 0 atom stereocenters. The fourth-order valence-corrected chi connectivity index (χ4v) is 3.99. The van der Waals surface area contributed by atoms with Gasteiger partial charge in [0.15, 0.2) is 0 Å². The van der Waals surface area contributed by atoms with E-state index in [1.165, 1.54) is 23.1 Å². The zero-order valence-electron chi connectivity index (χ0n) is 12.0. The summed E-state index contributed by atoms with van der Waals surface area (Å²) in [5.74, 6) is -2.27. The van der Waals surface area contributed by atoms with E-state index < -0.39 is 23.4 Å². The van der Waals surface area contributed by atoms with Crippen molar-refractivity contribution in [2.24, 2.45) is 0 Å². The minimum atomic E-state index is -0.944. The first kappa shape index (κ1) is 15.9. The monoisotopic (exact) mass is 351 g/mol. The van der Waals surface area contributed by atoms with Gasteiger partial charge in [0.05, 0.1) is 16.2 Å². The summed E-state index contributed by atoms with van der Waals surface area (Å²) in [4.78, 5) is 27.1. The number of amides is 2. The van der Waals surface area contributed by atoms with Crippen LogP contribution in [0.5, 0.6) is 0 Å². The Morgan fingerprint density at radius 2 is 1.96 bits per heavy atom. The van der Waals surface area contributed by atoms with Gasteiger partial charge in [0.25, 0.3) is 11.8 Å². The Morgan fingerprint density at radius 1 is 1.17 bits per heavy atom. The van der Waals surface area contributed by atoms with Gasteiger partial charge >= 0.3 is 0 Å². The molecule has 0 N–H and O–H groups in total. The van der Waals surface area contributed by atoms with Crippen molar-refractivity contribution in [1.29, 1.82) is 0 Å². The second-order valence-electron chi connectivity index (χ2n) is 4.66. The summed E-state index contributed by atoms with van der Waals surface area (Å²) >= 11 is 2.58. The lowest BCUT2D eigenvalue weighted by atomic mass is 10.2. The highest BCUT2D eigenvalue weighted by Gasteiger charge is 2.41. The van der Waals surface area contributed by atoms with Crippen LogP contribution in [0, 0.1) is 11.6 Å². The van der Waals surface area contributed by atoms with Crippen LogP contribution in [0.25, 0.3) is 5.57 Å². The molecule has 2 heterocycles. The summed E-state index contributed by atoms with van der Waals surface area (Å²) in [5, 5.41) is 1.80. The van der Waals surface area contributed by atoms with Crippen LogP contribution >= 0.6 is 23.1 Å². The van der Waals surface area contributed by atoms with E-state index in [9.17, 15) is 18.4 Å². The van der Waals surface area contributed by atoms with Crippen LogP contribution in [-0.2, 0) is 9.59 Å². The largest absolute Gasteiger partial charge is 0.272 e. The molecule has 0 saturated heterocycles. The third-order valence-electron chi connectivity index (χ3n) is 3.25. The highest BCUT2D eigenvalue weighted by molar-refractivity contribution is 8.04.